The molecule has 1 atom stereocenters. The maximum Gasteiger partial charge on any atom is 0.229 e. The summed E-state index contributed by atoms with van der Waals surface area (Å²) >= 11 is 5.75. The molecule has 96 valence electrons. The van der Waals surface area contributed by atoms with Gasteiger partial charge in [-0.2, -0.15) is 0 Å². The van der Waals surface area contributed by atoms with Gasteiger partial charge in [0.05, 0.1) is 0 Å². The Morgan fingerprint density at radius 3 is 2.29 bits per heavy atom. The first-order chi connectivity index (χ1) is 8.06. The minimum Gasteiger partial charge on any atom is -0.341 e. The van der Waals surface area contributed by atoms with Gasteiger partial charge in [0.1, 0.15) is 0 Å². The van der Waals surface area contributed by atoms with Gasteiger partial charge in [-0.3, -0.25) is 4.57 Å². The molecule has 17 heavy (non-hydrogen) atoms. The zero-order valence-electron chi connectivity index (χ0n) is 10.2. The average molecular weight is 275 g/mol. The summed E-state index contributed by atoms with van der Waals surface area (Å²) < 4.78 is 12.1. The number of rotatable bonds is 7. The predicted molar refractivity (Wildman–Crippen MR) is 74.5 cm³/mol. The zero-order chi connectivity index (χ0) is 12.7. The first-order valence-electron chi connectivity index (χ1n) is 6.14. The number of benzene rings is 1. The van der Waals surface area contributed by atoms with Crippen LogP contribution in [0.3, 0.4) is 0 Å². The van der Waals surface area contributed by atoms with E-state index in [0.717, 1.165) is 19.3 Å². The van der Waals surface area contributed by atoms with Gasteiger partial charge in [-0.25, -0.2) is 0 Å². The Morgan fingerprint density at radius 2 is 1.71 bits per heavy atom. The monoisotopic (exact) mass is 274 g/mol. The van der Waals surface area contributed by atoms with Crippen LogP contribution in [0.15, 0.2) is 24.3 Å². The fraction of sp³-hybridized carbons (Fsp3) is 0.538. The predicted octanol–water partition coefficient (Wildman–Crippen LogP) is 4.21. The standard InChI is InChI=1S/C13H20ClO2P/c1-2-3-4-5-6-11-17(15,16)13-9-7-12(14)8-10-13/h7-10H,2-6,11H2,1H3,(H,15,16). The smallest absolute Gasteiger partial charge is 0.229 e. The Labute approximate surface area is 108 Å². The van der Waals surface area contributed by atoms with Crippen LogP contribution in [-0.4, -0.2) is 11.1 Å². The van der Waals surface area contributed by atoms with Crippen LogP contribution in [0, 0.1) is 0 Å². The van der Waals surface area contributed by atoms with Crippen LogP contribution < -0.4 is 5.30 Å². The second-order valence-electron chi connectivity index (χ2n) is 4.32. The van der Waals surface area contributed by atoms with Crippen molar-refractivity contribution >= 4 is 24.3 Å². The maximum atomic E-state index is 12.1. The number of hydrogen-bond donors (Lipinski definition) is 1. The molecule has 0 spiro atoms. The second kappa shape index (κ2) is 7.20. The van der Waals surface area contributed by atoms with E-state index in [2.05, 4.69) is 6.92 Å². The van der Waals surface area contributed by atoms with Gasteiger partial charge in [-0.05, 0) is 30.7 Å². The summed E-state index contributed by atoms with van der Waals surface area (Å²) in [6.07, 6.45) is 5.77. The van der Waals surface area contributed by atoms with E-state index in [1.807, 2.05) is 0 Å². The van der Waals surface area contributed by atoms with E-state index in [0.29, 0.717) is 16.5 Å². The van der Waals surface area contributed by atoms with E-state index in [4.69, 9.17) is 11.6 Å². The Kier molecular flexibility index (Phi) is 6.26. The lowest BCUT2D eigenvalue weighted by Crippen LogP contribution is -2.06. The number of hydrogen-bond acceptors (Lipinski definition) is 1. The van der Waals surface area contributed by atoms with Gasteiger partial charge < -0.3 is 4.89 Å². The molecule has 1 aromatic carbocycles. The highest BCUT2D eigenvalue weighted by Gasteiger charge is 2.20. The molecule has 0 aliphatic rings. The summed E-state index contributed by atoms with van der Waals surface area (Å²) in [5, 5.41) is 1.11. The van der Waals surface area contributed by atoms with Gasteiger partial charge in [-0.15, -0.1) is 0 Å². The molecule has 0 aromatic heterocycles. The van der Waals surface area contributed by atoms with E-state index in [1.54, 1.807) is 24.3 Å². The molecule has 0 bridgehead atoms. The molecule has 1 aromatic rings. The van der Waals surface area contributed by atoms with Crippen LogP contribution in [0.2, 0.25) is 5.02 Å². The van der Waals surface area contributed by atoms with Crippen molar-refractivity contribution in [2.45, 2.75) is 39.0 Å². The minimum absolute atomic E-state index is 0.373. The highest BCUT2D eigenvalue weighted by atomic mass is 35.5. The molecule has 0 aliphatic carbocycles. The molecule has 0 saturated heterocycles. The molecule has 0 heterocycles. The number of halogens is 1. The Hall–Kier alpha value is -0.300. The molecular weight excluding hydrogens is 255 g/mol. The van der Waals surface area contributed by atoms with E-state index in [1.165, 1.54) is 12.8 Å². The van der Waals surface area contributed by atoms with E-state index < -0.39 is 7.37 Å². The van der Waals surface area contributed by atoms with Gasteiger partial charge in [0.15, 0.2) is 0 Å². The van der Waals surface area contributed by atoms with Crippen LogP contribution >= 0.6 is 19.0 Å². The van der Waals surface area contributed by atoms with Crippen molar-refractivity contribution in [3.63, 3.8) is 0 Å². The molecule has 0 aliphatic heterocycles. The Morgan fingerprint density at radius 1 is 1.12 bits per heavy atom. The Balaban J connectivity index is 2.45. The van der Waals surface area contributed by atoms with Gasteiger partial charge in [-0.1, -0.05) is 44.2 Å². The number of unbranched alkanes of at least 4 members (excludes halogenated alkanes) is 4. The highest BCUT2D eigenvalue weighted by molar-refractivity contribution is 7.66. The van der Waals surface area contributed by atoms with Crippen molar-refractivity contribution < 1.29 is 9.46 Å². The highest BCUT2D eigenvalue weighted by Crippen LogP contribution is 2.40. The van der Waals surface area contributed by atoms with Crippen molar-refractivity contribution in [1.29, 1.82) is 0 Å². The van der Waals surface area contributed by atoms with Crippen molar-refractivity contribution in [2.24, 2.45) is 0 Å². The maximum absolute atomic E-state index is 12.1. The van der Waals surface area contributed by atoms with Crippen LogP contribution in [0.5, 0.6) is 0 Å². The van der Waals surface area contributed by atoms with Gasteiger partial charge >= 0.3 is 0 Å². The molecule has 2 nitrogen and oxygen atoms in total. The zero-order valence-corrected chi connectivity index (χ0v) is 11.9. The average Bonchev–Trinajstić information content (AvgIpc) is 2.29. The third-order valence-electron chi connectivity index (χ3n) is 2.79. The molecule has 1 N–H and O–H groups in total. The third kappa shape index (κ3) is 5.25. The molecular formula is C13H20ClO2P. The topological polar surface area (TPSA) is 37.3 Å². The largest absolute Gasteiger partial charge is 0.341 e. The normalized spacial score (nSPS) is 14.5. The van der Waals surface area contributed by atoms with Crippen LogP contribution in [-0.2, 0) is 4.57 Å². The lowest BCUT2D eigenvalue weighted by molar-refractivity contribution is 0.485. The summed E-state index contributed by atoms with van der Waals surface area (Å²) in [5.41, 5.74) is 0. The second-order valence-corrected chi connectivity index (χ2v) is 7.12. The lowest BCUT2D eigenvalue weighted by atomic mass is 10.2. The van der Waals surface area contributed by atoms with Gasteiger partial charge in [0.25, 0.3) is 0 Å². The minimum atomic E-state index is -3.17. The summed E-state index contributed by atoms with van der Waals surface area (Å²) in [7, 11) is -3.17. The summed E-state index contributed by atoms with van der Waals surface area (Å²) in [6, 6.07) is 6.62. The van der Waals surface area contributed by atoms with Crippen molar-refractivity contribution in [1.82, 2.24) is 0 Å². The molecule has 0 amide bonds. The fourth-order valence-electron chi connectivity index (χ4n) is 1.73. The first-order valence-corrected chi connectivity index (χ1v) is 8.36. The Bertz CT molecular complexity index is 376. The molecule has 0 saturated carbocycles. The third-order valence-corrected chi connectivity index (χ3v) is 5.07. The molecule has 1 rings (SSSR count). The summed E-state index contributed by atoms with van der Waals surface area (Å²) in [4.78, 5) is 9.95. The van der Waals surface area contributed by atoms with Crippen molar-refractivity contribution in [2.75, 3.05) is 6.16 Å². The van der Waals surface area contributed by atoms with Crippen molar-refractivity contribution in [3.05, 3.63) is 29.3 Å². The van der Waals surface area contributed by atoms with Crippen LogP contribution in [0.4, 0.5) is 0 Å². The first kappa shape index (κ1) is 14.8. The van der Waals surface area contributed by atoms with E-state index in [-0.39, 0.29) is 0 Å². The van der Waals surface area contributed by atoms with Crippen LogP contribution in [0.1, 0.15) is 39.0 Å². The van der Waals surface area contributed by atoms with Gasteiger partial charge in [0.2, 0.25) is 7.37 Å². The van der Waals surface area contributed by atoms with E-state index >= 15 is 0 Å². The van der Waals surface area contributed by atoms with Crippen molar-refractivity contribution in [3.8, 4) is 0 Å². The van der Waals surface area contributed by atoms with Crippen LogP contribution in [0.25, 0.3) is 0 Å². The summed E-state index contributed by atoms with van der Waals surface area (Å²) in [5.74, 6) is 0. The lowest BCUT2D eigenvalue weighted by Gasteiger charge is -2.11. The van der Waals surface area contributed by atoms with Gasteiger partial charge in [0, 0.05) is 16.5 Å². The molecule has 0 radical (unpaired) electrons. The molecule has 1 unspecified atom stereocenters. The molecule has 0 fully saturated rings. The SMILES string of the molecule is CCCCCCCP(=O)(O)c1ccc(Cl)cc1. The fourth-order valence-corrected chi connectivity index (χ4v) is 3.38. The summed E-state index contributed by atoms with van der Waals surface area (Å²) in [6.45, 7) is 2.16. The molecule has 4 heteroatoms. The van der Waals surface area contributed by atoms with E-state index in [9.17, 15) is 9.46 Å². The quantitative estimate of drug-likeness (QED) is 0.597.